The van der Waals surface area contributed by atoms with E-state index in [2.05, 4.69) is 20.4 Å². The molecule has 3 rings (SSSR count). The lowest BCUT2D eigenvalue weighted by molar-refractivity contribution is 0.0574. The molecular weight excluding hydrogens is 386 g/mol. The van der Waals surface area contributed by atoms with E-state index in [4.69, 9.17) is 4.74 Å². The van der Waals surface area contributed by atoms with Crippen LogP contribution in [0.15, 0.2) is 54.6 Å². The van der Waals surface area contributed by atoms with E-state index < -0.39 is 17.7 Å². The number of aromatic carboxylic acids is 1. The monoisotopic (exact) mass is 407 g/mol. The van der Waals surface area contributed by atoms with Gasteiger partial charge in [0.2, 0.25) is 5.82 Å². The molecular formula is C21H21N5O4. The molecule has 154 valence electrons. The number of benzene rings is 2. The van der Waals surface area contributed by atoms with Crippen LogP contribution in [0, 0.1) is 0 Å². The Morgan fingerprint density at radius 1 is 0.967 bits per heavy atom. The highest BCUT2D eigenvalue weighted by atomic mass is 16.6. The smallest absolute Gasteiger partial charge is 0.415 e. The Bertz CT molecular complexity index is 1030. The van der Waals surface area contributed by atoms with E-state index in [0.717, 1.165) is 5.56 Å². The molecule has 9 nitrogen and oxygen atoms in total. The maximum absolute atomic E-state index is 12.8. The Balaban J connectivity index is 1.90. The molecule has 30 heavy (non-hydrogen) atoms. The average molecular weight is 407 g/mol. The van der Waals surface area contributed by atoms with Crippen LogP contribution in [0.4, 0.5) is 10.5 Å². The van der Waals surface area contributed by atoms with Gasteiger partial charge in [0.15, 0.2) is 5.82 Å². The van der Waals surface area contributed by atoms with E-state index in [-0.39, 0.29) is 17.9 Å². The first-order chi connectivity index (χ1) is 14.2. The third-order valence-electron chi connectivity index (χ3n) is 3.87. The van der Waals surface area contributed by atoms with Crippen LogP contribution in [0.3, 0.4) is 0 Å². The Morgan fingerprint density at radius 3 is 2.23 bits per heavy atom. The van der Waals surface area contributed by atoms with E-state index in [9.17, 15) is 14.7 Å². The van der Waals surface area contributed by atoms with Crippen molar-refractivity contribution in [3.05, 3.63) is 66.0 Å². The Kier molecular flexibility index (Phi) is 6.01. The minimum atomic E-state index is -1.10. The number of carbonyl (C=O) groups is 2. The van der Waals surface area contributed by atoms with Crippen molar-refractivity contribution in [2.24, 2.45) is 0 Å². The zero-order valence-electron chi connectivity index (χ0n) is 16.8. The molecule has 3 aromatic rings. The van der Waals surface area contributed by atoms with E-state index in [1.54, 1.807) is 32.9 Å². The molecule has 0 unspecified atom stereocenters. The summed E-state index contributed by atoms with van der Waals surface area (Å²) < 4.78 is 5.46. The highest BCUT2D eigenvalue weighted by Gasteiger charge is 2.25. The van der Waals surface area contributed by atoms with Gasteiger partial charge in [-0.25, -0.2) is 9.59 Å². The predicted octanol–water partition coefficient (Wildman–Crippen LogP) is 3.57. The number of rotatable bonds is 5. The van der Waals surface area contributed by atoms with Crippen LogP contribution in [0.25, 0.3) is 11.4 Å². The van der Waals surface area contributed by atoms with Gasteiger partial charge in [-0.1, -0.05) is 36.4 Å². The predicted molar refractivity (Wildman–Crippen MR) is 109 cm³/mol. The minimum Gasteiger partial charge on any atom is -0.478 e. The van der Waals surface area contributed by atoms with Gasteiger partial charge in [-0.15, -0.1) is 20.4 Å². The maximum Gasteiger partial charge on any atom is 0.415 e. The van der Waals surface area contributed by atoms with Crippen LogP contribution in [-0.4, -0.2) is 43.2 Å². The Labute approximate surface area is 173 Å². The lowest BCUT2D eigenvalue weighted by atomic mass is 10.2. The molecule has 9 heteroatoms. The van der Waals surface area contributed by atoms with Crippen molar-refractivity contribution in [1.29, 1.82) is 0 Å². The van der Waals surface area contributed by atoms with Gasteiger partial charge < -0.3 is 9.84 Å². The standard InChI is InChI=1S/C21H21N5O4/c1-21(2,3)30-20(29)26(16-11-7-10-15(12-16)19(27)28)13-17-22-24-18(25-23-17)14-8-5-4-6-9-14/h4-12H,13H2,1-3H3,(H,27,28). The molecule has 0 saturated carbocycles. The molecule has 0 aliphatic heterocycles. The summed E-state index contributed by atoms with van der Waals surface area (Å²) in [7, 11) is 0. The third-order valence-corrected chi connectivity index (χ3v) is 3.87. The van der Waals surface area contributed by atoms with Crippen LogP contribution in [0.2, 0.25) is 0 Å². The van der Waals surface area contributed by atoms with Crippen LogP contribution >= 0.6 is 0 Å². The Hall–Kier alpha value is -3.88. The fraction of sp³-hybridized carbons (Fsp3) is 0.238. The molecule has 1 amide bonds. The average Bonchev–Trinajstić information content (AvgIpc) is 2.72. The molecule has 0 fully saturated rings. The number of ether oxygens (including phenoxy) is 1. The van der Waals surface area contributed by atoms with Crippen molar-refractivity contribution in [2.45, 2.75) is 32.9 Å². The van der Waals surface area contributed by atoms with Crippen molar-refractivity contribution in [3.63, 3.8) is 0 Å². The second-order valence-electron chi connectivity index (χ2n) is 7.43. The number of carboxylic acid groups (broad SMARTS) is 1. The summed E-state index contributed by atoms with van der Waals surface area (Å²) in [6.45, 7) is 5.13. The fourth-order valence-electron chi connectivity index (χ4n) is 2.54. The maximum atomic E-state index is 12.8. The van der Waals surface area contributed by atoms with Crippen LogP contribution in [-0.2, 0) is 11.3 Å². The Morgan fingerprint density at radius 2 is 1.63 bits per heavy atom. The summed E-state index contributed by atoms with van der Waals surface area (Å²) in [5.74, 6) is -0.565. The van der Waals surface area contributed by atoms with Crippen molar-refractivity contribution in [1.82, 2.24) is 20.4 Å². The lowest BCUT2D eigenvalue weighted by Crippen LogP contribution is -2.37. The molecule has 0 aliphatic rings. The molecule has 1 aromatic heterocycles. The molecule has 0 saturated heterocycles. The van der Waals surface area contributed by atoms with Gasteiger partial charge in [0, 0.05) is 11.3 Å². The highest BCUT2D eigenvalue weighted by Crippen LogP contribution is 2.22. The molecule has 0 spiro atoms. The van der Waals surface area contributed by atoms with Crippen molar-refractivity contribution >= 4 is 17.7 Å². The van der Waals surface area contributed by atoms with Gasteiger partial charge in [0.1, 0.15) is 5.60 Å². The summed E-state index contributed by atoms with van der Waals surface area (Å²) in [6.07, 6.45) is -0.666. The number of nitrogens with zero attached hydrogens (tertiary/aromatic N) is 5. The van der Waals surface area contributed by atoms with Crippen LogP contribution in [0.5, 0.6) is 0 Å². The molecule has 1 N–H and O–H groups in total. The third kappa shape index (κ3) is 5.34. The minimum absolute atomic E-state index is 0.0395. The second-order valence-corrected chi connectivity index (χ2v) is 7.43. The normalized spacial score (nSPS) is 11.0. The number of hydrogen-bond acceptors (Lipinski definition) is 7. The first-order valence-electron chi connectivity index (χ1n) is 9.18. The summed E-state index contributed by atoms with van der Waals surface area (Å²) in [4.78, 5) is 25.4. The topological polar surface area (TPSA) is 118 Å². The van der Waals surface area contributed by atoms with Gasteiger partial charge >= 0.3 is 12.1 Å². The molecule has 0 bridgehead atoms. The van der Waals surface area contributed by atoms with E-state index >= 15 is 0 Å². The number of amides is 1. The quantitative estimate of drug-likeness (QED) is 0.682. The van der Waals surface area contributed by atoms with Crippen molar-refractivity contribution < 1.29 is 19.4 Å². The van der Waals surface area contributed by atoms with Gasteiger partial charge in [0.05, 0.1) is 12.1 Å². The van der Waals surface area contributed by atoms with Crippen LogP contribution in [0.1, 0.15) is 37.0 Å². The molecule has 0 atom stereocenters. The van der Waals surface area contributed by atoms with E-state index in [0.29, 0.717) is 11.5 Å². The zero-order chi connectivity index (χ0) is 21.7. The molecule has 1 heterocycles. The summed E-state index contributed by atoms with van der Waals surface area (Å²) in [5, 5.41) is 25.6. The summed E-state index contributed by atoms with van der Waals surface area (Å²) >= 11 is 0. The van der Waals surface area contributed by atoms with Gasteiger partial charge in [-0.05, 0) is 39.0 Å². The molecule has 2 aromatic carbocycles. The lowest BCUT2D eigenvalue weighted by Gasteiger charge is -2.27. The van der Waals surface area contributed by atoms with Crippen molar-refractivity contribution in [2.75, 3.05) is 4.90 Å². The molecule has 0 aliphatic carbocycles. The van der Waals surface area contributed by atoms with Crippen molar-refractivity contribution in [3.8, 4) is 11.4 Å². The van der Waals surface area contributed by atoms with E-state index in [1.807, 2.05) is 30.3 Å². The molecule has 0 radical (unpaired) electrons. The SMILES string of the molecule is CC(C)(C)OC(=O)N(Cc1nnc(-c2ccccc2)nn1)c1cccc(C(=O)O)c1. The number of carboxylic acids is 1. The second kappa shape index (κ2) is 8.64. The summed E-state index contributed by atoms with van der Waals surface area (Å²) in [6, 6.07) is 15.2. The number of carbonyl (C=O) groups excluding carboxylic acids is 1. The number of hydrogen-bond donors (Lipinski definition) is 1. The highest BCUT2D eigenvalue weighted by molar-refractivity contribution is 5.92. The first-order valence-corrected chi connectivity index (χ1v) is 9.18. The first kappa shape index (κ1) is 20.8. The van der Waals surface area contributed by atoms with Crippen LogP contribution < -0.4 is 4.90 Å². The van der Waals surface area contributed by atoms with E-state index in [1.165, 1.54) is 17.0 Å². The number of aromatic nitrogens is 4. The number of anilines is 1. The largest absolute Gasteiger partial charge is 0.478 e. The van der Waals surface area contributed by atoms with Gasteiger partial charge in [-0.2, -0.15) is 0 Å². The van der Waals surface area contributed by atoms with Gasteiger partial charge in [-0.3, -0.25) is 4.90 Å². The fourth-order valence-corrected chi connectivity index (χ4v) is 2.54. The summed E-state index contributed by atoms with van der Waals surface area (Å²) in [5.41, 5.74) is 0.397. The van der Waals surface area contributed by atoms with Gasteiger partial charge in [0.25, 0.3) is 0 Å². The zero-order valence-corrected chi connectivity index (χ0v) is 16.8.